The van der Waals surface area contributed by atoms with Gasteiger partial charge in [0.05, 0.1) is 16.4 Å². The average Bonchev–Trinajstić information content (AvgIpc) is 2.14. The Morgan fingerprint density at radius 3 is 0.778 bits per heavy atom. The number of hydrogen-bond donors (Lipinski definition) is 6. The van der Waals surface area contributed by atoms with Gasteiger partial charge in [0.15, 0.2) is 0 Å². The minimum absolute atomic E-state index is 1.53. The monoisotopic (exact) mass is 264 g/mol. The highest BCUT2D eigenvalue weighted by atomic mass is 19.1. The van der Waals surface area contributed by atoms with E-state index in [0.717, 1.165) is 0 Å². The fourth-order valence-electron chi connectivity index (χ4n) is 1.40. The molecule has 0 unspecified atom stereocenters. The molecular weight excluding hydrogens is 257 g/mol. The topological polar surface area (TPSA) is 121 Å². The second-order valence-electron chi connectivity index (χ2n) is 3.30. The van der Waals surface area contributed by atoms with Gasteiger partial charge in [-0.2, -0.15) is 0 Å². The summed E-state index contributed by atoms with van der Waals surface area (Å²) < 4.78 is 40.4. The summed E-state index contributed by atoms with van der Waals surface area (Å²) in [6.45, 7) is 0. The first-order valence-corrected chi connectivity index (χ1v) is 4.48. The maximum Gasteiger partial charge on any atom is 0.494 e. The molecule has 0 aliphatic carbocycles. The molecule has 0 spiro atoms. The molecule has 12 heteroatoms. The quantitative estimate of drug-likeness (QED) is 0.304. The molecule has 0 amide bonds. The maximum absolute atomic E-state index is 13.5. The van der Waals surface area contributed by atoms with Gasteiger partial charge in [-0.25, -0.2) is 13.2 Å². The van der Waals surface area contributed by atoms with Crippen LogP contribution >= 0.6 is 0 Å². The molecule has 0 fully saturated rings. The molecule has 0 bridgehead atoms. The molecular formula is C6H6B3F3O6. The van der Waals surface area contributed by atoms with E-state index in [0.29, 0.717) is 0 Å². The van der Waals surface area contributed by atoms with E-state index in [4.69, 9.17) is 30.1 Å². The van der Waals surface area contributed by atoms with Crippen LogP contribution in [0.25, 0.3) is 0 Å². The van der Waals surface area contributed by atoms with Crippen LogP contribution in [-0.2, 0) is 0 Å². The summed E-state index contributed by atoms with van der Waals surface area (Å²) in [5.41, 5.74) is -4.58. The molecule has 96 valence electrons. The predicted octanol–water partition coefficient (Wildman–Crippen LogP) is -4.86. The lowest BCUT2D eigenvalue weighted by Gasteiger charge is -2.14. The van der Waals surface area contributed by atoms with Gasteiger partial charge in [0.2, 0.25) is 0 Å². The van der Waals surface area contributed by atoms with E-state index in [9.17, 15) is 13.2 Å². The molecule has 0 radical (unpaired) electrons. The van der Waals surface area contributed by atoms with Gasteiger partial charge in [0, 0.05) is 0 Å². The number of hydrogen-bond acceptors (Lipinski definition) is 6. The highest BCUT2D eigenvalue weighted by molar-refractivity contribution is 6.66. The largest absolute Gasteiger partial charge is 0.494 e. The molecule has 1 aromatic rings. The van der Waals surface area contributed by atoms with Crippen molar-refractivity contribution in [1.82, 2.24) is 0 Å². The van der Waals surface area contributed by atoms with Crippen molar-refractivity contribution in [2.45, 2.75) is 0 Å². The zero-order chi connectivity index (χ0) is 14.2. The van der Waals surface area contributed by atoms with E-state index >= 15 is 0 Å². The first-order chi connectivity index (χ1) is 8.20. The summed E-state index contributed by atoms with van der Waals surface area (Å²) in [5, 5.41) is 52.3. The standard InChI is InChI=1S/C6H6B3F3O6/c10-4-1(7(13)14)5(11)3(9(17)18)6(12)2(4)8(15)16/h13-18H. The van der Waals surface area contributed by atoms with Crippen molar-refractivity contribution >= 4 is 37.7 Å². The van der Waals surface area contributed by atoms with Gasteiger partial charge in [-0.3, -0.25) is 0 Å². The summed E-state index contributed by atoms with van der Waals surface area (Å²) in [7, 11) is -8.25. The highest BCUT2D eigenvalue weighted by Crippen LogP contribution is 2.03. The molecule has 0 heterocycles. The molecule has 0 aliphatic rings. The van der Waals surface area contributed by atoms with Crippen LogP contribution in [0.15, 0.2) is 0 Å². The van der Waals surface area contributed by atoms with E-state index in [1.54, 1.807) is 0 Å². The molecule has 0 saturated heterocycles. The summed E-state index contributed by atoms with van der Waals surface area (Å²) in [6, 6.07) is 0. The van der Waals surface area contributed by atoms with Crippen molar-refractivity contribution < 1.29 is 43.3 Å². The summed E-state index contributed by atoms with van der Waals surface area (Å²) in [4.78, 5) is 0. The van der Waals surface area contributed by atoms with Gasteiger partial charge in [0.25, 0.3) is 0 Å². The molecule has 0 saturated carbocycles. The van der Waals surface area contributed by atoms with Crippen LogP contribution in [-0.4, -0.2) is 51.5 Å². The van der Waals surface area contributed by atoms with E-state index in [1.165, 1.54) is 0 Å². The Hall–Kier alpha value is -1.04. The third-order valence-corrected chi connectivity index (χ3v) is 2.19. The SMILES string of the molecule is OB(O)c1c(F)c(B(O)O)c(F)c(B(O)O)c1F. The van der Waals surface area contributed by atoms with Crippen LogP contribution in [0, 0.1) is 17.5 Å². The van der Waals surface area contributed by atoms with Gasteiger partial charge in [0.1, 0.15) is 17.5 Å². The van der Waals surface area contributed by atoms with E-state index in [-0.39, 0.29) is 0 Å². The lowest BCUT2D eigenvalue weighted by molar-refractivity contribution is 0.410. The van der Waals surface area contributed by atoms with Gasteiger partial charge < -0.3 is 30.1 Å². The smallest absolute Gasteiger partial charge is 0.423 e. The molecule has 1 aromatic carbocycles. The van der Waals surface area contributed by atoms with Crippen molar-refractivity contribution in [1.29, 1.82) is 0 Å². The zero-order valence-corrected chi connectivity index (χ0v) is 8.55. The molecule has 1 rings (SSSR count). The third-order valence-electron chi connectivity index (χ3n) is 2.19. The number of rotatable bonds is 3. The van der Waals surface area contributed by atoms with Crippen LogP contribution in [0.5, 0.6) is 0 Å². The predicted molar refractivity (Wildman–Crippen MR) is 55.8 cm³/mol. The summed E-state index contributed by atoms with van der Waals surface area (Å²) in [6.07, 6.45) is 0. The average molecular weight is 264 g/mol. The van der Waals surface area contributed by atoms with Crippen LogP contribution in [0.1, 0.15) is 0 Å². The Morgan fingerprint density at radius 1 is 0.500 bits per heavy atom. The van der Waals surface area contributed by atoms with Crippen molar-refractivity contribution in [3.8, 4) is 0 Å². The number of benzene rings is 1. The molecule has 18 heavy (non-hydrogen) atoms. The van der Waals surface area contributed by atoms with Crippen LogP contribution < -0.4 is 16.4 Å². The lowest BCUT2D eigenvalue weighted by atomic mass is 9.65. The Balaban J connectivity index is 3.76. The second kappa shape index (κ2) is 5.30. The van der Waals surface area contributed by atoms with Gasteiger partial charge in [-0.1, -0.05) is 0 Å². The van der Waals surface area contributed by atoms with E-state index in [2.05, 4.69) is 0 Å². The fourth-order valence-corrected chi connectivity index (χ4v) is 1.40. The van der Waals surface area contributed by atoms with Gasteiger partial charge >= 0.3 is 21.4 Å². The second-order valence-corrected chi connectivity index (χ2v) is 3.30. The van der Waals surface area contributed by atoms with Crippen molar-refractivity contribution in [3.63, 3.8) is 0 Å². The minimum atomic E-state index is -2.75. The summed E-state index contributed by atoms with van der Waals surface area (Å²) in [5.74, 6) is -5.84. The van der Waals surface area contributed by atoms with Crippen molar-refractivity contribution in [2.75, 3.05) is 0 Å². The zero-order valence-electron chi connectivity index (χ0n) is 8.55. The normalized spacial score (nSPS) is 10.5. The Kier molecular flexibility index (Phi) is 4.43. The van der Waals surface area contributed by atoms with Crippen molar-refractivity contribution in [3.05, 3.63) is 17.5 Å². The number of halogens is 3. The van der Waals surface area contributed by atoms with Gasteiger partial charge in [-0.05, 0) is 0 Å². The first kappa shape index (κ1) is 15.0. The molecule has 6 N–H and O–H groups in total. The maximum atomic E-state index is 13.5. The van der Waals surface area contributed by atoms with E-state index in [1.807, 2.05) is 0 Å². The van der Waals surface area contributed by atoms with Crippen LogP contribution in [0.2, 0.25) is 0 Å². The molecule has 6 nitrogen and oxygen atoms in total. The Labute approximate surface area is 99.4 Å². The molecule has 0 aliphatic heterocycles. The lowest BCUT2D eigenvalue weighted by Crippen LogP contribution is -2.54. The molecule has 0 atom stereocenters. The minimum Gasteiger partial charge on any atom is -0.423 e. The van der Waals surface area contributed by atoms with Crippen LogP contribution in [0.3, 0.4) is 0 Å². The first-order valence-electron chi connectivity index (χ1n) is 4.48. The van der Waals surface area contributed by atoms with E-state index < -0.39 is 55.2 Å². The third kappa shape index (κ3) is 2.39. The fraction of sp³-hybridized carbons (Fsp3) is 0. The summed E-state index contributed by atoms with van der Waals surface area (Å²) >= 11 is 0. The Bertz CT molecular complexity index is 381. The molecule has 0 aromatic heterocycles. The van der Waals surface area contributed by atoms with Crippen LogP contribution in [0.4, 0.5) is 13.2 Å². The van der Waals surface area contributed by atoms with Gasteiger partial charge in [-0.15, -0.1) is 0 Å². The van der Waals surface area contributed by atoms with Crippen molar-refractivity contribution in [2.24, 2.45) is 0 Å². The highest BCUT2D eigenvalue weighted by Gasteiger charge is 2.38. The Morgan fingerprint density at radius 2 is 0.667 bits per heavy atom.